The van der Waals surface area contributed by atoms with Crippen LogP contribution in [0.25, 0.3) is 0 Å². The Morgan fingerprint density at radius 2 is 2.18 bits per heavy atom. The quantitative estimate of drug-likeness (QED) is 0.906. The van der Waals surface area contributed by atoms with Gasteiger partial charge in [-0.1, -0.05) is 6.42 Å². The predicted molar refractivity (Wildman–Crippen MR) is 86.0 cm³/mol. The van der Waals surface area contributed by atoms with Crippen molar-refractivity contribution in [2.24, 2.45) is 11.8 Å². The van der Waals surface area contributed by atoms with Crippen molar-refractivity contribution >= 4 is 23.2 Å². The van der Waals surface area contributed by atoms with Gasteiger partial charge in [-0.3, -0.25) is 4.79 Å². The molecule has 4 nitrogen and oxygen atoms in total. The Labute approximate surface area is 135 Å². The van der Waals surface area contributed by atoms with E-state index in [1.807, 2.05) is 0 Å². The van der Waals surface area contributed by atoms with Crippen LogP contribution in [0.1, 0.15) is 41.9 Å². The second-order valence-electron chi connectivity index (χ2n) is 6.55. The molecule has 0 bridgehead atoms. The highest BCUT2D eigenvalue weighted by Gasteiger charge is 2.49. The summed E-state index contributed by atoms with van der Waals surface area (Å²) < 4.78 is 0. The van der Waals surface area contributed by atoms with Crippen molar-refractivity contribution in [2.45, 2.75) is 51.5 Å². The van der Waals surface area contributed by atoms with Gasteiger partial charge in [-0.15, -0.1) is 11.3 Å². The first-order chi connectivity index (χ1) is 10.6. The van der Waals surface area contributed by atoms with Gasteiger partial charge in [0.15, 0.2) is 0 Å². The maximum Gasteiger partial charge on any atom is 0.326 e. The van der Waals surface area contributed by atoms with Crippen LogP contribution in [0.3, 0.4) is 0 Å². The number of amides is 1. The third-order valence-corrected chi connectivity index (χ3v) is 6.13. The molecule has 2 heterocycles. The Balaban J connectivity index is 1.56. The van der Waals surface area contributed by atoms with E-state index < -0.39 is 12.0 Å². The van der Waals surface area contributed by atoms with E-state index in [1.54, 1.807) is 16.2 Å². The van der Waals surface area contributed by atoms with E-state index in [9.17, 15) is 14.7 Å². The molecule has 1 aromatic heterocycles. The number of carboxylic acids is 1. The van der Waals surface area contributed by atoms with Gasteiger partial charge in [-0.2, -0.15) is 0 Å². The molecule has 1 amide bonds. The fraction of sp³-hybridized carbons (Fsp3) is 0.647. The molecule has 5 heteroatoms. The summed E-state index contributed by atoms with van der Waals surface area (Å²) in [6.45, 7) is 2.73. The zero-order chi connectivity index (χ0) is 15.7. The lowest BCUT2D eigenvalue weighted by Gasteiger charge is -2.24. The molecule has 0 radical (unpaired) electrons. The zero-order valence-electron chi connectivity index (χ0n) is 13.0. The summed E-state index contributed by atoms with van der Waals surface area (Å²) >= 11 is 1.77. The van der Waals surface area contributed by atoms with E-state index >= 15 is 0 Å². The highest BCUT2D eigenvalue weighted by Crippen LogP contribution is 2.42. The number of carbonyl (C=O) groups excluding carboxylic acids is 1. The molecule has 1 aliphatic carbocycles. The lowest BCUT2D eigenvalue weighted by molar-refractivity contribution is -0.149. The molecule has 3 rings (SSSR count). The smallest absolute Gasteiger partial charge is 0.326 e. The molecular formula is C17H23NO3S. The maximum absolute atomic E-state index is 12.5. The first kappa shape index (κ1) is 15.5. The van der Waals surface area contributed by atoms with Crippen LogP contribution in [0.15, 0.2) is 12.1 Å². The normalized spacial score (nSPS) is 27.1. The summed E-state index contributed by atoms with van der Waals surface area (Å²) in [5, 5.41) is 9.49. The van der Waals surface area contributed by atoms with Crippen molar-refractivity contribution in [3.8, 4) is 0 Å². The SMILES string of the molecule is Cc1ccc(CCCC(=O)N2CC3CCCC3C2C(=O)O)s1. The van der Waals surface area contributed by atoms with Crippen LogP contribution in [-0.2, 0) is 16.0 Å². The Kier molecular flexibility index (Phi) is 4.52. The number of nitrogens with zero attached hydrogens (tertiary/aromatic N) is 1. The van der Waals surface area contributed by atoms with Crippen LogP contribution in [0.4, 0.5) is 0 Å². The van der Waals surface area contributed by atoms with Crippen LogP contribution in [0.2, 0.25) is 0 Å². The molecule has 120 valence electrons. The second kappa shape index (κ2) is 6.41. The third-order valence-electron chi connectivity index (χ3n) is 5.07. The van der Waals surface area contributed by atoms with E-state index in [2.05, 4.69) is 19.1 Å². The van der Waals surface area contributed by atoms with Gasteiger partial charge in [0.25, 0.3) is 0 Å². The van der Waals surface area contributed by atoms with E-state index in [0.717, 1.165) is 32.1 Å². The number of aliphatic carboxylic acids is 1. The molecule has 2 aliphatic rings. The fourth-order valence-electron chi connectivity index (χ4n) is 4.06. The van der Waals surface area contributed by atoms with Gasteiger partial charge in [0.05, 0.1) is 0 Å². The summed E-state index contributed by atoms with van der Waals surface area (Å²) in [7, 11) is 0. The first-order valence-corrected chi connectivity index (χ1v) is 8.95. The van der Waals surface area contributed by atoms with Gasteiger partial charge in [0.1, 0.15) is 6.04 Å². The van der Waals surface area contributed by atoms with Gasteiger partial charge < -0.3 is 10.0 Å². The molecule has 2 fully saturated rings. The Morgan fingerprint density at radius 1 is 1.36 bits per heavy atom. The van der Waals surface area contributed by atoms with Crippen molar-refractivity contribution in [3.63, 3.8) is 0 Å². The van der Waals surface area contributed by atoms with Crippen LogP contribution in [0, 0.1) is 18.8 Å². The van der Waals surface area contributed by atoms with Crippen molar-refractivity contribution in [3.05, 3.63) is 21.9 Å². The van der Waals surface area contributed by atoms with Crippen molar-refractivity contribution in [1.29, 1.82) is 0 Å². The highest BCUT2D eigenvalue weighted by molar-refractivity contribution is 7.11. The largest absolute Gasteiger partial charge is 0.480 e. The van der Waals surface area contributed by atoms with Crippen LogP contribution in [0.5, 0.6) is 0 Å². The number of hydrogen-bond donors (Lipinski definition) is 1. The number of thiophene rings is 1. The van der Waals surface area contributed by atoms with Gasteiger partial charge in [-0.25, -0.2) is 4.79 Å². The average molecular weight is 321 g/mol. The molecule has 22 heavy (non-hydrogen) atoms. The van der Waals surface area contributed by atoms with E-state index in [4.69, 9.17) is 0 Å². The molecule has 3 unspecified atom stereocenters. The highest BCUT2D eigenvalue weighted by atomic mass is 32.1. The minimum atomic E-state index is -0.823. The summed E-state index contributed by atoms with van der Waals surface area (Å²) in [6.07, 6.45) is 5.31. The number of carboxylic acid groups (broad SMARTS) is 1. The molecule has 1 saturated carbocycles. The number of rotatable bonds is 5. The van der Waals surface area contributed by atoms with Crippen LogP contribution in [-0.4, -0.2) is 34.5 Å². The van der Waals surface area contributed by atoms with E-state index in [-0.39, 0.29) is 11.8 Å². The molecule has 0 aromatic carbocycles. The first-order valence-electron chi connectivity index (χ1n) is 8.14. The summed E-state index contributed by atoms with van der Waals surface area (Å²) in [4.78, 5) is 28.3. The van der Waals surface area contributed by atoms with Crippen molar-refractivity contribution in [1.82, 2.24) is 4.90 Å². The minimum Gasteiger partial charge on any atom is -0.480 e. The van der Waals surface area contributed by atoms with Gasteiger partial charge in [-0.05, 0) is 56.6 Å². The fourth-order valence-corrected chi connectivity index (χ4v) is 4.99. The van der Waals surface area contributed by atoms with E-state index in [1.165, 1.54) is 9.75 Å². The Hall–Kier alpha value is -1.36. The third kappa shape index (κ3) is 3.05. The van der Waals surface area contributed by atoms with Crippen molar-refractivity contribution in [2.75, 3.05) is 6.54 Å². The summed E-state index contributed by atoms with van der Waals surface area (Å²) in [5.74, 6) is -0.210. The van der Waals surface area contributed by atoms with Crippen LogP contribution >= 0.6 is 11.3 Å². The number of hydrogen-bond acceptors (Lipinski definition) is 3. The lowest BCUT2D eigenvalue weighted by atomic mass is 9.94. The molecule has 1 N–H and O–H groups in total. The van der Waals surface area contributed by atoms with Gasteiger partial charge in [0.2, 0.25) is 5.91 Å². The number of likely N-dealkylation sites (tertiary alicyclic amines) is 1. The Morgan fingerprint density at radius 3 is 2.86 bits per heavy atom. The molecule has 1 saturated heterocycles. The topological polar surface area (TPSA) is 57.6 Å². The predicted octanol–water partition coefficient (Wildman–Crippen LogP) is 3.09. The Bertz CT molecular complexity index is 568. The molecule has 1 aromatic rings. The average Bonchev–Trinajstić information content (AvgIpc) is 3.12. The number of carbonyl (C=O) groups is 2. The van der Waals surface area contributed by atoms with Crippen LogP contribution < -0.4 is 0 Å². The molecule has 3 atom stereocenters. The second-order valence-corrected chi connectivity index (χ2v) is 7.92. The van der Waals surface area contributed by atoms with Crippen molar-refractivity contribution < 1.29 is 14.7 Å². The molecule has 1 aliphatic heterocycles. The maximum atomic E-state index is 12.5. The van der Waals surface area contributed by atoms with Gasteiger partial charge >= 0.3 is 5.97 Å². The standard InChI is InChI=1S/C17H23NO3S/c1-11-8-9-13(22-11)5-3-7-15(19)18-10-12-4-2-6-14(12)16(18)17(20)21/h8-9,12,14,16H,2-7,10H2,1H3,(H,20,21). The minimum absolute atomic E-state index is 0.0232. The van der Waals surface area contributed by atoms with E-state index in [0.29, 0.717) is 18.9 Å². The molecule has 0 spiro atoms. The number of aryl methyl sites for hydroxylation is 2. The summed E-state index contributed by atoms with van der Waals surface area (Å²) in [6, 6.07) is 3.64. The zero-order valence-corrected chi connectivity index (χ0v) is 13.8. The molecular weight excluding hydrogens is 298 g/mol. The lowest BCUT2D eigenvalue weighted by Crippen LogP contribution is -2.43. The summed E-state index contributed by atoms with van der Waals surface area (Å²) in [5.41, 5.74) is 0. The monoisotopic (exact) mass is 321 g/mol. The number of fused-ring (bicyclic) bond motifs is 1. The van der Waals surface area contributed by atoms with Gasteiger partial charge in [0, 0.05) is 22.7 Å².